The molecule has 0 radical (unpaired) electrons. The molecule has 3 aromatic rings. The van der Waals surface area contributed by atoms with Gasteiger partial charge in [0, 0.05) is 26.2 Å². The van der Waals surface area contributed by atoms with Gasteiger partial charge < -0.3 is 4.74 Å². The van der Waals surface area contributed by atoms with Crippen LogP contribution in [0.3, 0.4) is 0 Å². The van der Waals surface area contributed by atoms with Crippen molar-refractivity contribution in [2.45, 2.75) is 13.8 Å². The van der Waals surface area contributed by atoms with Crippen molar-refractivity contribution in [3.63, 3.8) is 0 Å². The van der Waals surface area contributed by atoms with Crippen LogP contribution in [0.25, 0.3) is 10.2 Å². The van der Waals surface area contributed by atoms with Crippen molar-refractivity contribution in [2.75, 3.05) is 44.3 Å². The van der Waals surface area contributed by atoms with E-state index in [0.717, 1.165) is 59.7 Å². The van der Waals surface area contributed by atoms with Gasteiger partial charge in [0.15, 0.2) is 5.13 Å². The molecule has 0 saturated carbocycles. The Kier molecular flexibility index (Phi) is 5.44. The molecule has 1 aliphatic rings. The average molecular weight is 404 g/mol. The lowest BCUT2D eigenvalue weighted by Gasteiger charge is -2.29. The molecular formula is C18H21N5O2S2. The molecule has 7 nitrogen and oxygen atoms in total. The summed E-state index contributed by atoms with van der Waals surface area (Å²) < 4.78 is 10.4. The maximum atomic E-state index is 13.2. The van der Waals surface area contributed by atoms with E-state index in [1.807, 2.05) is 19.1 Å². The van der Waals surface area contributed by atoms with E-state index in [0.29, 0.717) is 17.1 Å². The van der Waals surface area contributed by atoms with Crippen LogP contribution in [-0.4, -0.2) is 64.8 Å². The van der Waals surface area contributed by atoms with Gasteiger partial charge in [-0.05, 0) is 43.1 Å². The van der Waals surface area contributed by atoms with Crippen molar-refractivity contribution in [2.24, 2.45) is 0 Å². The molecule has 2 aromatic heterocycles. The Labute approximate surface area is 165 Å². The number of ether oxygens (including phenoxy) is 1. The second-order valence-electron chi connectivity index (χ2n) is 6.57. The van der Waals surface area contributed by atoms with Crippen molar-refractivity contribution < 1.29 is 9.53 Å². The number of carbonyl (C=O) groups excluding carboxylic acids is 1. The normalized spacial score (nSPS) is 15.3. The number of hydrogen-bond acceptors (Lipinski definition) is 8. The van der Waals surface area contributed by atoms with Crippen molar-refractivity contribution in [1.29, 1.82) is 0 Å². The number of fused-ring (bicyclic) bond motifs is 1. The molecule has 0 aliphatic carbocycles. The summed E-state index contributed by atoms with van der Waals surface area (Å²) in [5.74, 6) is -0.0773. The van der Waals surface area contributed by atoms with Crippen LogP contribution in [0.5, 0.6) is 0 Å². The van der Waals surface area contributed by atoms with E-state index >= 15 is 0 Å². The highest BCUT2D eigenvalue weighted by molar-refractivity contribution is 7.22. The SMILES string of the molecule is Cc1ccc2nc(N(CCN3CCOCC3)C(=O)c3snnc3C)sc2c1. The first kappa shape index (κ1) is 18.4. The number of amides is 1. The van der Waals surface area contributed by atoms with Gasteiger partial charge in [-0.2, -0.15) is 0 Å². The summed E-state index contributed by atoms with van der Waals surface area (Å²) in [4.78, 5) is 22.6. The molecule has 0 unspecified atom stereocenters. The minimum absolute atomic E-state index is 0.0773. The Bertz CT molecular complexity index is 948. The summed E-state index contributed by atoms with van der Waals surface area (Å²) in [6.45, 7) is 8.51. The van der Waals surface area contributed by atoms with Crippen LogP contribution in [-0.2, 0) is 4.74 Å². The Morgan fingerprint density at radius 2 is 2.11 bits per heavy atom. The third-order valence-corrected chi connectivity index (χ3v) is 6.46. The van der Waals surface area contributed by atoms with Crippen molar-refractivity contribution in [3.05, 3.63) is 34.3 Å². The Balaban J connectivity index is 1.63. The zero-order valence-corrected chi connectivity index (χ0v) is 17.0. The van der Waals surface area contributed by atoms with Gasteiger partial charge in [0.2, 0.25) is 0 Å². The predicted octanol–water partition coefficient (Wildman–Crippen LogP) is 2.74. The second-order valence-corrected chi connectivity index (χ2v) is 8.33. The molecule has 1 aromatic carbocycles. The highest BCUT2D eigenvalue weighted by atomic mass is 32.1. The lowest BCUT2D eigenvalue weighted by Crippen LogP contribution is -2.43. The van der Waals surface area contributed by atoms with Crippen LogP contribution in [0.15, 0.2) is 18.2 Å². The number of thiazole rings is 1. The number of morpholine rings is 1. The van der Waals surface area contributed by atoms with E-state index in [1.165, 1.54) is 5.56 Å². The van der Waals surface area contributed by atoms with Gasteiger partial charge in [0.1, 0.15) is 4.88 Å². The van der Waals surface area contributed by atoms with Crippen LogP contribution in [0.4, 0.5) is 5.13 Å². The average Bonchev–Trinajstić information content (AvgIpc) is 3.28. The van der Waals surface area contributed by atoms with E-state index in [9.17, 15) is 4.79 Å². The van der Waals surface area contributed by atoms with Crippen LogP contribution >= 0.6 is 22.9 Å². The predicted molar refractivity (Wildman–Crippen MR) is 108 cm³/mol. The van der Waals surface area contributed by atoms with Gasteiger partial charge in [-0.3, -0.25) is 14.6 Å². The molecule has 1 aliphatic heterocycles. The highest BCUT2D eigenvalue weighted by Crippen LogP contribution is 2.31. The summed E-state index contributed by atoms with van der Waals surface area (Å²) >= 11 is 2.69. The van der Waals surface area contributed by atoms with Gasteiger partial charge in [0.25, 0.3) is 5.91 Å². The number of nitrogens with zero attached hydrogens (tertiary/aromatic N) is 5. The molecule has 0 bridgehead atoms. The fourth-order valence-corrected chi connectivity index (χ4v) is 4.73. The largest absolute Gasteiger partial charge is 0.379 e. The van der Waals surface area contributed by atoms with E-state index < -0.39 is 0 Å². The standard InChI is InChI=1S/C18H21N5O2S2/c1-12-3-4-14-15(11-12)26-18(19-14)23(6-5-22-7-9-25-10-8-22)17(24)16-13(2)20-21-27-16/h3-4,11H,5-10H2,1-2H3. The molecule has 1 amide bonds. The Morgan fingerprint density at radius 1 is 1.30 bits per heavy atom. The first-order chi connectivity index (χ1) is 13.1. The number of rotatable bonds is 5. The Hall–Kier alpha value is -1.94. The molecule has 0 spiro atoms. The maximum absolute atomic E-state index is 13.2. The van der Waals surface area contributed by atoms with E-state index in [1.54, 1.807) is 16.2 Å². The zero-order valence-electron chi connectivity index (χ0n) is 15.3. The summed E-state index contributed by atoms with van der Waals surface area (Å²) in [6.07, 6.45) is 0. The maximum Gasteiger partial charge on any atom is 0.273 e. The first-order valence-electron chi connectivity index (χ1n) is 8.90. The quantitative estimate of drug-likeness (QED) is 0.652. The number of aryl methyl sites for hydroxylation is 2. The molecule has 27 heavy (non-hydrogen) atoms. The summed E-state index contributed by atoms with van der Waals surface area (Å²) in [7, 11) is 0. The van der Waals surface area contributed by atoms with Crippen molar-refractivity contribution in [1.82, 2.24) is 19.5 Å². The molecular weight excluding hydrogens is 382 g/mol. The number of anilines is 1. The fourth-order valence-electron chi connectivity index (χ4n) is 3.04. The molecule has 9 heteroatoms. The molecule has 0 N–H and O–H groups in total. The van der Waals surface area contributed by atoms with Gasteiger partial charge in [-0.25, -0.2) is 4.98 Å². The van der Waals surface area contributed by atoms with E-state index in [2.05, 4.69) is 27.5 Å². The van der Waals surface area contributed by atoms with Crippen LogP contribution in [0, 0.1) is 13.8 Å². The fraction of sp³-hybridized carbons (Fsp3) is 0.444. The minimum atomic E-state index is -0.0773. The first-order valence-corrected chi connectivity index (χ1v) is 10.5. The summed E-state index contributed by atoms with van der Waals surface area (Å²) in [5, 5.41) is 4.72. The molecule has 0 atom stereocenters. The number of hydrogen-bond donors (Lipinski definition) is 0. The van der Waals surface area contributed by atoms with Crippen LogP contribution in [0.1, 0.15) is 20.9 Å². The summed E-state index contributed by atoms with van der Waals surface area (Å²) in [5.41, 5.74) is 2.77. The third-order valence-electron chi connectivity index (χ3n) is 4.60. The van der Waals surface area contributed by atoms with E-state index in [4.69, 9.17) is 9.72 Å². The number of aromatic nitrogens is 3. The van der Waals surface area contributed by atoms with Gasteiger partial charge in [-0.1, -0.05) is 21.9 Å². The Morgan fingerprint density at radius 3 is 2.85 bits per heavy atom. The van der Waals surface area contributed by atoms with Crippen molar-refractivity contribution >= 4 is 44.1 Å². The van der Waals surface area contributed by atoms with E-state index in [-0.39, 0.29) is 5.91 Å². The lowest BCUT2D eigenvalue weighted by atomic mass is 10.2. The van der Waals surface area contributed by atoms with Gasteiger partial charge >= 0.3 is 0 Å². The zero-order chi connectivity index (χ0) is 18.8. The molecule has 142 valence electrons. The second kappa shape index (κ2) is 7.97. The van der Waals surface area contributed by atoms with Crippen molar-refractivity contribution in [3.8, 4) is 0 Å². The van der Waals surface area contributed by atoms with Crippen LogP contribution in [0.2, 0.25) is 0 Å². The lowest BCUT2D eigenvalue weighted by molar-refractivity contribution is 0.0391. The van der Waals surface area contributed by atoms with Gasteiger partial charge in [0.05, 0.1) is 29.1 Å². The van der Waals surface area contributed by atoms with Gasteiger partial charge in [-0.15, -0.1) is 5.10 Å². The van der Waals surface area contributed by atoms with Crippen LogP contribution < -0.4 is 4.90 Å². The molecule has 1 saturated heterocycles. The third kappa shape index (κ3) is 4.01. The monoisotopic (exact) mass is 403 g/mol. The highest BCUT2D eigenvalue weighted by Gasteiger charge is 2.25. The molecule has 4 rings (SSSR count). The number of benzene rings is 1. The number of carbonyl (C=O) groups is 1. The topological polar surface area (TPSA) is 71.5 Å². The summed E-state index contributed by atoms with van der Waals surface area (Å²) in [6, 6.07) is 6.17. The minimum Gasteiger partial charge on any atom is -0.379 e. The smallest absolute Gasteiger partial charge is 0.273 e. The molecule has 3 heterocycles. The molecule has 1 fully saturated rings.